The van der Waals surface area contributed by atoms with Crippen LogP contribution < -0.4 is 0 Å². The summed E-state index contributed by atoms with van der Waals surface area (Å²) in [4.78, 5) is 15.0. The molecular formula is C29H25F2NO. The molecule has 0 bridgehead atoms. The molecule has 3 aromatic rings. The number of carbonyl (C=O) groups is 1. The van der Waals surface area contributed by atoms with Gasteiger partial charge in [0.05, 0.1) is 0 Å². The summed E-state index contributed by atoms with van der Waals surface area (Å²) < 4.78 is 26.9. The molecule has 1 aliphatic carbocycles. The van der Waals surface area contributed by atoms with Gasteiger partial charge in [0, 0.05) is 24.9 Å². The zero-order valence-electron chi connectivity index (χ0n) is 18.3. The fraction of sp³-hybridized carbons (Fsp3) is 0.207. The number of rotatable bonds is 4. The molecule has 1 spiro atoms. The van der Waals surface area contributed by atoms with E-state index in [1.807, 2.05) is 11.0 Å². The molecule has 1 saturated heterocycles. The van der Waals surface area contributed by atoms with Crippen LogP contribution in [0.25, 0.3) is 11.6 Å². The lowest BCUT2D eigenvalue weighted by Crippen LogP contribution is -2.43. The van der Waals surface area contributed by atoms with Gasteiger partial charge in [0.15, 0.2) is 0 Å². The summed E-state index contributed by atoms with van der Waals surface area (Å²) in [5, 5.41) is 0. The highest BCUT2D eigenvalue weighted by Gasteiger charge is 2.38. The van der Waals surface area contributed by atoms with Gasteiger partial charge in [-0.1, -0.05) is 66.8 Å². The molecule has 0 N–H and O–H groups in total. The van der Waals surface area contributed by atoms with Crippen LogP contribution in [0, 0.1) is 11.6 Å². The van der Waals surface area contributed by atoms with Crippen molar-refractivity contribution in [1.82, 2.24) is 4.90 Å². The van der Waals surface area contributed by atoms with Crippen molar-refractivity contribution in [2.45, 2.75) is 24.7 Å². The van der Waals surface area contributed by atoms with Crippen molar-refractivity contribution in [2.75, 3.05) is 13.1 Å². The Labute approximate surface area is 192 Å². The van der Waals surface area contributed by atoms with Gasteiger partial charge >= 0.3 is 0 Å². The molecule has 0 unspecified atom stereocenters. The van der Waals surface area contributed by atoms with Crippen molar-refractivity contribution in [2.24, 2.45) is 0 Å². The smallest absolute Gasteiger partial charge is 0.226 e. The second kappa shape index (κ2) is 8.78. The van der Waals surface area contributed by atoms with Crippen LogP contribution in [0.4, 0.5) is 8.78 Å². The summed E-state index contributed by atoms with van der Waals surface area (Å²) in [7, 11) is 0. The molecule has 0 radical (unpaired) electrons. The first-order chi connectivity index (χ1) is 16.0. The first-order valence-electron chi connectivity index (χ1n) is 11.3. The highest BCUT2D eigenvalue weighted by molar-refractivity contribution is 5.85. The minimum Gasteiger partial charge on any atom is -0.342 e. The van der Waals surface area contributed by atoms with E-state index < -0.39 is 0 Å². The summed E-state index contributed by atoms with van der Waals surface area (Å²) in [5.41, 5.74) is 5.07. The lowest BCUT2D eigenvalue weighted by molar-refractivity contribution is -0.131. The average Bonchev–Trinajstić information content (AvgIpc) is 3.20. The Kier molecular flexibility index (Phi) is 5.67. The van der Waals surface area contributed by atoms with Gasteiger partial charge < -0.3 is 4.90 Å². The van der Waals surface area contributed by atoms with Gasteiger partial charge in [-0.05, 0) is 64.9 Å². The Morgan fingerprint density at radius 2 is 1.42 bits per heavy atom. The first-order valence-corrected chi connectivity index (χ1v) is 11.3. The molecule has 1 heterocycles. The molecule has 2 nitrogen and oxygen atoms in total. The zero-order chi connectivity index (χ0) is 22.8. The second-order valence-electron chi connectivity index (χ2n) is 8.79. The van der Waals surface area contributed by atoms with Gasteiger partial charge in [0.25, 0.3) is 0 Å². The predicted octanol–water partition coefficient (Wildman–Crippen LogP) is 6.37. The standard InChI is InChI=1S/C29H25F2NO/c30-24-9-5-21(6-10-24)26(22-7-11-25(31)12-8-22)13-14-28(33)32-19-17-29(18-20-32)16-15-23-3-1-2-4-27(23)29/h1-13,15-16H,14,17-20H2. The van der Waals surface area contributed by atoms with Crippen LogP contribution in [-0.4, -0.2) is 23.9 Å². The number of allylic oxidation sites excluding steroid dienone is 1. The minimum absolute atomic E-state index is 0.0383. The Bertz CT molecular complexity index is 1170. The maximum Gasteiger partial charge on any atom is 0.226 e. The number of hydrogen-bond acceptors (Lipinski definition) is 1. The summed E-state index contributed by atoms with van der Waals surface area (Å²) >= 11 is 0. The maximum atomic E-state index is 13.4. The number of amides is 1. The van der Waals surface area contributed by atoms with Crippen molar-refractivity contribution in [3.8, 4) is 0 Å². The van der Waals surface area contributed by atoms with Crippen molar-refractivity contribution in [3.63, 3.8) is 0 Å². The van der Waals surface area contributed by atoms with Crippen molar-refractivity contribution in [3.05, 3.63) is 119 Å². The van der Waals surface area contributed by atoms with E-state index in [2.05, 4.69) is 36.4 Å². The first kappa shape index (κ1) is 21.3. The van der Waals surface area contributed by atoms with Crippen molar-refractivity contribution in [1.29, 1.82) is 0 Å². The Morgan fingerprint density at radius 3 is 2.03 bits per heavy atom. The molecule has 1 aliphatic heterocycles. The van der Waals surface area contributed by atoms with Crippen LogP contribution in [0.15, 0.2) is 84.9 Å². The van der Waals surface area contributed by atoms with Crippen molar-refractivity contribution >= 4 is 17.6 Å². The number of fused-ring (bicyclic) bond motifs is 2. The number of hydrogen-bond donors (Lipinski definition) is 0. The third-order valence-corrected chi connectivity index (χ3v) is 6.88. The molecule has 3 aromatic carbocycles. The normalized spacial score (nSPS) is 16.0. The van der Waals surface area contributed by atoms with Crippen LogP contribution >= 0.6 is 0 Å². The van der Waals surface area contributed by atoms with Gasteiger partial charge in [-0.2, -0.15) is 0 Å². The van der Waals surface area contributed by atoms with Gasteiger partial charge in [0.2, 0.25) is 5.91 Å². The quantitative estimate of drug-likeness (QED) is 0.460. The van der Waals surface area contributed by atoms with Gasteiger partial charge in [-0.25, -0.2) is 8.78 Å². The molecule has 4 heteroatoms. The molecule has 0 atom stereocenters. The average molecular weight is 442 g/mol. The summed E-state index contributed by atoms with van der Waals surface area (Å²) in [6.45, 7) is 1.43. The fourth-order valence-corrected chi connectivity index (χ4v) is 5.01. The Morgan fingerprint density at radius 1 is 0.848 bits per heavy atom. The van der Waals surface area contributed by atoms with Crippen LogP contribution in [0.5, 0.6) is 0 Å². The summed E-state index contributed by atoms with van der Waals surface area (Å²) in [6.07, 6.45) is 8.45. The number of piperidine rings is 1. The molecule has 1 fully saturated rings. The van der Waals surface area contributed by atoms with Crippen LogP contribution in [-0.2, 0) is 10.2 Å². The third kappa shape index (κ3) is 4.25. The van der Waals surface area contributed by atoms with Crippen molar-refractivity contribution < 1.29 is 13.6 Å². The summed E-state index contributed by atoms with van der Waals surface area (Å²) in [5.74, 6) is -0.571. The molecule has 1 amide bonds. The SMILES string of the molecule is O=C(CC=C(c1ccc(F)cc1)c1ccc(F)cc1)N1CCC2(C=Cc3ccccc32)CC1. The molecule has 0 saturated carbocycles. The number of likely N-dealkylation sites (tertiary alicyclic amines) is 1. The molecule has 166 valence electrons. The molecule has 5 rings (SSSR count). The van der Waals surface area contributed by atoms with E-state index in [0.717, 1.165) is 29.5 Å². The number of nitrogens with zero attached hydrogens (tertiary/aromatic N) is 1. The molecular weight excluding hydrogens is 416 g/mol. The molecule has 0 aromatic heterocycles. The Hall–Kier alpha value is -3.53. The lowest BCUT2D eigenvalue weighted by Gasteiger charge is -2.39. The van der Waals surface area contributed by atoms with Gasteiger partial charge in [-0.3, -0.25) is 4.79 Å². The summed E-state index contributed by atoms with van der Waals surface area (Å²) in [6, 6.07) is 20.8. The molecule has 2 aliphatic rings. The Balaban J connectivity index is 1.32. The molecule has 33 heavy (non-hydrogen) atoms. The van der Waals surface area contributed by atoms with E-state index in [9.17, 15) is 13.6 Å². The highest BCUT2D eigenvalue weighted by atomic mass is 19.1. The zero-order valence-corrected chi connectivity index (χ0v) is 18.3. The van der Waals surface area contributed by atoms with E-state index in [0.29, 0.717) is 13.1 Å². The number of benzene rings is 3. The van der Waals surface area contributed by atoms with Gasteiger partial charge in [-0.15, -0.1) is 0 Å². The predicted molar refractivity (Wildman–Crippen MR) is 127 cm³/mol. The van der Waals surface area contributed by atoms with Crippen LogP contribution in [0.1, 0.15) is 41.5 Å². The second-order valence-corrected chi connectivity index (χ2v) is 8.79. The van der Waals surface area contributed by atoms with E-state index in [-0.39, 0.29) is 29.4 Å². The topological polar surface area (TPSA) is 20.3 Å². The van der Waals surface area contributed by atoms with E-state index in [1.165, 1.54) is 35.4 Å². The van der Waals surface area contributed by atoms with E-state index in [4.69, 9.17) is 0 Å². The number of halogens is 2. The highest BCUT2D eigenvalue weighted by Crippen LogP contribution is 2.43. The van der Waals surface area contributed by atoms with Crippen LogP contribution in [0.3, 0.4) is 0 Å². The minimum atomic E-state index is -0.321. The monoisotopic (exact) mass is 441 g/mol. The largest absolute Gasteiger partial charge is 0.342 e. The van der Waals surface area contributed by atoms with E-state index >= 15 is 0 Å². The van der Waals surface area contributed by atoms with Gasteiger partial charge in [0.1, 0.15) is 11.6 Å². The lowest BCUT2D eigenvalue weighted by atomic mass is 9.74. The third-order valence-electron chi connectivity index (χ3n) is 6.88. The van der Waals surface area contributed by atoms with Crippen LogP contribution in [0.2, 0.25) is 0 Å². The maximum absolute atomic E-state index is 13.4. The van der Waals surface area contributed by atoms with E-state index in [1.54, 1.807) is 24.3 Å². The fourth-order valence-electron chi connectivity index (χ4n) is 5.01. The number of carbonyl (C=O) groups excluding carboxylic acids is 1.